The number of hydrogen-bond donors (Lipinski definition) is 4. The molecule has 0 spiro atoms. The van der Waals surface area contributed by atoms with E-state index >= 15 is 0 Å². The standard InChI is InChI=1S/C36H39N3O5/c1-35(2,3)44-34(43)38-30(33(42)37-24-23-26-15-13-14-22-31(26)40)25-32(41)39-36(27-16-7-4-8-17-27,28-18-9-5-10-19-28)29-20-11-6-12-21-29/h4-22,30,40H,23-25H2,1-3H3,(H,37,42)(H,38,43)(H,39,41)/t30-/m1/s1. The molecule has 4 N–H and O–H groups in total. The number of ether oxygens (including phenoxy) is 1. The Bertz CT molecular complexity index is 1440. The summed E-state index contributed by atoms with van der Waals surface area (Å²) in [5, 5.41) is 18.7. The van der Waals surface area contributed by atoms with E-state index in [0.29, 0.717) is 12.0 Å². The molecule has 4 rings (SSSR count). The number of phenols is 1. The van der Waals surface area contributed by atoms with Gasteiger partial charge in [0.25, 0.3) is 0 Å². The van der Waals surface area contributed by atoms with E-state index in [1.807, 2.05) is 91.0 Å². The molecule has 0 heterocycles. The molecule has 0 aliphatic carbocycles. The number of carbonyl (C=O) groups excluding carboxylic acids is 3. The number of hydrogen-bond acceptors (Lipinski definition) is 5. The average Bonchev–Trinajstić information content (AvgIpc) is 3.01. The number of para-hydroxylation sites is 1. The van der Waals surface area contributed by atoms with Gasteiger partial charge in [0.05, 0.1) is 6.42 Å². The third-order valence-electron chi connectivity index (χ3n) is 7.03. The summed E-state index contributed by atoms with van der Waals surface area (Å²) in [5.41, 5.74) is 1.26. The molecule has 0 aromatic heterocycles. The number of amides is 3. The number of alkyl carbamates (subject to hydrolysis) is 1. The summed E-state index contributed by atoms with van der Waals surface area (Å²) in [5.74, 6) is -0.881. The lowest BCUT2D eigenvalue weighted by molar-refractivity contribution is -0.129. The fourth-order valence-electron chi connectivity index (χ4n) is 5.05. The van der Waals surface area contributed by atoms with Crippen molar-refractivity contribution >= 4 is 17.9 Å². The van der Waals surface area contributed by atoms with Crippen molar-refractivity contribution in [2.24, 2.45) is 0 Å². The molecule has 228 valence electrons. The first-order chi connectivity index (χ1) is 21.1. The van der Waals surface area contributed by atoms with E-state index in [9.17, 15) is 19.5 Å². The predicted octanol–water partition coefficient (Wildman–Crippen LogP) is 5.44. The van der Waals surface area contributed by atoms with E-state index in [0.717, 1.165) is 16.7 Å². The molecule has 8 nitrogen and oxygen atoms in total. The van der Waals surface area contributed by atoms with E-state index in [2.05, 4.69) is 16.0 Å². The second kappa shape index (κ2) is 14.4. The van der Waals surface area contributed by atoms with Crippen LogP contribution in [0.4, 0.5) is 4.79 Å². The zero-order valence-electron chi connectivity index (χ0n) is 25.2. The van der Waals surface area contributed by atoms with Crippen molar-refractivity contribution in [1.82, 2.24) is 16.0 Å². The van der Waals surface area contributed by atoms with Gasteiger partial charge in [-0.2, -0.15) is 0 Å². The number of carbonyl (C=O) groups is 3. The summed E-state index contributed by atoms with van der Waals surface area (Å²) in [7, 11) is 0. The molecule has 0 radical (unpaired) electrons. The SMILES string of the molecule is CC(C)(C)OC(=O)N[C@H](CC(=O)NC(c1ccccc1)(c1ccccc1)c1ccccc1)C(=O)NCCc1ccccc1O. The van der Waals surface area contributed by atoms with Gasteiger partial charge in [0.15, 0.2) is 0 Å². The van der Waals surface area contributed by atoms with Crippen molar-refractivity contribution in [3.63, 3.8) is 0 Å². The maximum atomic E-state index is 14.0. The Morgan fingerprint density at radius 2 is 1.20 bits per heavy atom. The molecule has 0 aliphatic heterocycles. The summed E-state index contributed by atoms with van der Waals surface area (Å²) in [6.07, 6.45) is -0.801. The third-order valence-corrected chi connectivity index (χ3v) is 7.03. The third kappa shape index (κ3) is 8.25. The van der Waals surface area contributed by atoms with Crippen LogP contribution in [0.25, 0.3) is 0 Å². The molecule has 1 atom stereocenters. The zero-order chi connectivity index (χ0) is 31.6. The Hall–Kier alpha value is -5.11. The summed E-state index contributed by atoms with van der Waals surface area (Å²) >= 11 is 0. The van der Waals surface area contributed by atoms with Crippen LogP contribution in [0.2, 0.25) is 0 Å². The lowest BCUT2D eigenvalue weighted by Crippen LogP contribution is -2.53. The van der Waals surface area contributed by atoms with Gasteiger partial charge >= 0.3 is 6.09 Å². The number of phenolic OH excluding ortho intramolecular Hbond substituents is 1. The van der Waals surface area contributed by atoms with Crippen LogP contribution >= 0.6 is 0 Å². The van der Waals surface area contributed by atoms with Crippen LogP contribution in [0.15, 0.2) is 115 Å². The van der Waals surface area contributed by atoms with Gasteiger partial charge in [-0.05, 0) is 55.5 Å². The maximum absolute atomic E-state index is 14.0. The highest BCUT2D eigenvalue weighted by atomic mass is 16.6. The highest BCUT2D eigenvalue weighted by Gasteiger charge is 2.39. The molecule has 0 fully saturated rings. The normalized spacial score (nSPS) is 12.1. The Balaban J connectivity index is 1.63. The molecule has 3 amide bonds. The molecule has 4 aromatic carbocycles. The topological polar surface area (TPSA) is 117 Å². The van der Waals surface area contributed by atoms with Crippen LogP contribution in [0.1, 0.15) is 49.4 Å². The van der Waals surface area contributed by atoms with Crippen molar-refractivity contribution < 1.29 is 24.2 Å². The zero-order valence-corrected chi connectivity index (χ0v) is 25.2. The minimum Gasteiger partial charge on any atom is -0.508 e. The first-order valence-corrected chi connectivity index (χ1v) is 14.6. The minimum atomic E-state index is -1.23. The van der Waals surface area contributed by atoms with E-state index in [1.54, 1.807) is 45.0 Å². The Kier molecular flexibility index (Phi) is 10.4. The number of benzene rings is 4. The lowest BCUT2D eigenvalue weighted by atomic mass is 9.77. The second-order valence-electron chi connectivity index (χ2n) is 11.5. The molecule has 0 saturated carbocycles. The van der Waals surface area contributed by atoms with Crippen LogP contribution in [-0.4, -0.2) is 41.2 Å². The van der Waals surface area contributed by atoms with Crippen molar-refractivity contribution in [3.8, 4) is 5.75 Å². The lowest BCUT2D eigenvalue weighted by Gasteiger charge is -2.37. The minimum absolute atomic E-state index is 0.128. The first kappa shape index (κ1) is 31.8. The van der Waals surface area contributed by atoms with E-state index < -0.39 is 35.1 Å². The van der Waals surface area contributed by atoms with Gasteiger partial charge < -0.3 is 25.8 Å². The molecule has 0 bridgehead atoms. The predicted molar refractivity (Wildman–Crippen MR) is 170 cm³/mol. The maximum Gasteiger partial charge on any atom is 0.408 e. The molecular formula is C36H39N3O5. The summed E-state index contributed by atoms with van der Waals surface area (Å²) in [6, 6.07) is 34.5. The van der Waals surface area contributed by atoms with Crippen LogP contribution in [-0.2, 0) is 26.3 Å². The molecule has 44 heavy (non-hydrogen) atoms. The van der Waals surface area contributed by atoms with Crippen molar-refractivity contribution in [2.75, 3.05) is 6.54 Å². The largest absolute Gasteiger partial charge is 0.508 e. The fraction of sp³-hybridized carbons (Fsp3) is 0.250. The van der Waals surface area contributed by atoms with Gasteiger partial charge in [-0.25, -0.2) is 4.79 Å². The fourth-order valence-corrected chi connectivity index (χ4v) is 5.05. The van der Waals surface area contributed by atoms with Crippen molar-refractivity contribution in [3.05, 3.63) is 138 Å². The molecule has 0 aliphatic rings. The second-order valence-corrected chi connectivity index (χ2v) is 11.5. The number of aromatic hydroxyl groups is 1. The van der Waals surface area contributed by atoms with Gasteiger partial charge in [-0.15, -0.1) is 0 Å². The summed E-state index contributed by atoms with van der Waals surface area (Å²) < 4.78 is 5.40. The van der Waals surface area contributed by atoms with E-state index in [-0.39, 0.29) is 18.7 Å². The summed E-state index contributed by atoms with van der Waals surface area (Å²) in [6.45, 7) is 5.34. The average molecular weight is 594 g/mol. The molecule has 4 aromatic rings. The van der Waals surface area contributed by atoms with Crippen LogP contribution in [0.5, 0.6) is 5.75 Å². The highest BCUT2D eigenvalue weighted by molar-refractivity contribution is 5.91. The van der Waals surface area contributed by atoms with Gasteiger partial charge in [0.2, 0.25) is 11.8 Å². The van der Waals surface area contributed by atoms with Crippen molar-refractivity contribution in [2.45, 2.75) is 50.8 Å². The van der Waals surface area contributed by atoms with Gasteiger partial charge in [-0.1, -0.05) is 109 Å². The van der Waals surface area contributed by atoms with E-state index in [4.69, 9.17) is 4.74 Å². The monoisotopic (exact) mass is 593 g/mol. The van der Waals surface area contributed by atoms with Crippen molar-refractivity contribution in [1.29, 1.82) is 0 Å². The quantitative estimate of drug-likeness (QED) is 0.173. The Labute approximate surface area is 258 Å². The Morgan fingerprint density at radius 1 is 0.727 bits per heavy atom. The molecular weight excluding hydrogens is 554 g/mol. The van der Waals surface area contributed by atoms with Gasteiger partial charge in [-0.3, -0.25) is 9.59 Å². The summed E-state index contributed by atoms with van der Waals surface area (Å²) in [4.78, 5) is 40.2. The first-order valence-electron chi connectivity index (χ1n) is 14.6. The van der Waals surface area contributed by atoms with Gasteiger partial charge in [0, 0.05) is 6.54 Å². The highest BCUT2D eigenvalue weighted by Crippen LogP contribution is 2.37. The van der Waals surface area contributed by atoms with Crippen LogP contribution in [0, 0.1) is 0 Å². The van der Waals surface area contributed by atoms with Gasteiger partial charge in [0.1, 0.15) is 22.9 Å². The molecule has 0 saturated heterocycles. The van der Waals surface area contributed by atoms with E-state index in [1.165, 1.54) is 0 Å². The smallest absolute Gasteiger partial charge is 0.408 e. The molecule has 0 unspecified atom stereocenters. The number of nitrogens with one attached hydrogen (secondary N) is 3. The Morgan fingerprint density at radius 3 is 1.68 bits per heavy atom. The number of rotatable bonds is 11. The van der Waals surface area contributed by atoms with Crippen LogP contribution in [0.3, 0.4) is 0 Å². The van der Waals surface area contributed by atoms with Crippen LogP contribution < -0.4 is 16.0 Å². The molecule has 8 heteroatoms.